The lowest BCUT2D eigenvalue weighted by Crippen LogP contribution is -2.40. The van der Waals surface area contributed by atoms with Gasteiger partial charge < -0.3 is 10.6 Å². The van der Waals surface area contributed by atoms with Gasteiger partial charge in [-0.1, -0.05) is 23.7 Å². The van der Waals surface area contributed by atoms with Crippen molar-refractivity contribution in [1.82, 2.24) is 4.90 Å². The first-order valence-corrected chi connectivity index (χ1v) is 7.62. The van der Waals surface area contributed by atoms with E-state index in [1.54, 1.807) is 0 Å². The maximum atomic E-state index is 12.4. The molecule has 1 saturated carbocycles. The lowest BCUT2D eigenvalue weighted by molar-refractivity contribution is -0.135. The number of carbonyl (C=O) groups is 1. The largest absolute Gasteiger partial charge is 0.342 e. The minimum atomic E-state index is 0.114. The molecule has 0 spiro atoms. The molecule has 0 aliphatic heterocycles. The molecule has 1 aromatic carbocycles. The van der Waals surface area contributed by atoms with Crippen molar-refractivity contribution in [3.05, 3.63) is 34.9 Å². The molecule has 0 bridgehead atoms. The summed E-state index contributed by atoms with van der Waals surface area (Å²) in [6.45, 7) is 2.08. The van der Waals surface area contributed by atoms with E-state index in [0.717, 1.165) is 30.7 Å². The van der Waals surface area contributed by atoms with E-state index in [0.29, 0.717) is 0 Å². The molecule has 1 amide bonds. The van der Waals surface area contributed by atoms with Gasteiger partial charge in [0.1, 0.15) is 0 Å². The topological polar surface area (TPSA) is 46.3 Å². The van der Waals surface area contributed by atoms with Crippen LogP contribution < -0.4 is 5.73 Å². The number of amides is 1. The molecule has 3 unspecified atom stereocenters. The van der Waals surface area contributed by atoms with E-state index >= 15 is 0 Å². The highest BCUT2D eigenvalue weighted by molar-refractivity contribution is 6.30. The minimum Gasteiger partial charge on any atom is -0.342 e. The maximum Gasteiger partial charge on any atom is 0.225 e. The van der Waals surface area contributed by atoms with Crippen LogP contribution in [0, 0.1) is 5.92 Å². The molecular formula is C16H23ClN2O. The van der Waals surface area contributed by atoms with Gasteiger partial charge in [0.05, 0.1) is 0 Å². The summed E-state index contributed by atoms with van der Waals surface area (Å²) >= 11 is 5.88. The van der Waals surface area contributed by atoms with E-state index in [1.807, 2.05) is 36.2 Å². The molecule has 4 heteroatoms. The van der Waals surface area contributed by atoms with E-state index in [1.165, 1.54) is 5.56 Å². The molecule has 1 aliphatic rings. The van der Waals surface area contributed by atoms with Crippen LogP contribution >= 0.6 is 11.6 Å². The molecule has 110 valence electrons. The number of carbonyl (C=O) groups excluding carboxylic acids is 1. The van der Waals surface area contributed by atoms with Crippen LogP contribution in [0.2, 0.25) is 5.02 Å². The predicted octanol–water partition coefficient (Wildman–Crippen LogP) is 2.86. The number of hydrogen-bond donors (Lipinski definition) is 1. The second kappa shape index (κ2) is 6.59. The standard InChI is InChI=1S/C16H23ClN2O/c1-11(9-12-3-6-14(17)7-4-12)19(2)16(20)13-5-8-15(18)10-13/h3-4,6-7,11,13,15H,5,8-10,18H2,1-2H3. The molecule has 0 radical (unpaired) electrons. The Bertz CT molecular complexity index is 460. The van der Waals surface area contributed by atoms with Crippen LogP contribution in [-0.4, -0.2) is 29.9 Å². The fraction of sp³-hybridized carbons (Fsp3) is 0.562. The fourth-order valence-electron chi connectivity index (χ4n) is 2.84. The Hall–Kier alpha value is -1.06. The molecule has 0 saturated heterocycles. The summed E-state index contributed by atoms with van der Waals surface area (Å²) in [6.07, 6.45) is 3.57. The van der Waals surface area contributed by atoms with Gasteiger partial charge in [0, 0.05) is 30.1 Å². The van der Waals surface area contributed by atoms with Crippen LogP contribution in [-0.2, 0) is 11.2 Å². The van der Waals surface area contributed by atoms with Gasteiger partial charge in [0.2, 0.25) is 5.91 Å². The van der Waals surface area contributed by atoms with Crippen LogP contribution in [0.5, 0.6) is 0 Å². The molecule has 2 rings (SSSR count). The van der Waals surface area contributed by atoms with Crippen molar-refractivity contribution >= 4 is 17.5 Å². The molecule has 1 aliphatic carbocycles. The molecule has 1 aromatic rings. The van der Waals surface area contributed by atoms with Crippen LogP contribution in [0.1, 0.15) is 31.7 Å². The molecular weight excluding hydrogens is 272 g/mol. The van der Waals surface area contributed by atoms with Crippen molar-refractivity contribution in [1.29, 1.82) is 0 Å². The van der Waals surface area contributed by atoms with E-state index in [9.17, 15) is 4.79 Å². The third-order valence-electron chi connectivity index (χ3n) is 4.28. The Kier molecular flexibility index (Phi) is 5.06. The molecule has 20 heavy (non-hydrogen) atoms. The minimum absolute atomic E-state index is 0.114. The molecule has 0 heterocycles. The summed E-state index contributed by atoms with van der Waals surface area (Å²) in [6, 6.07) is 8.19. The van der Waals surface area contributed by atoms with E-state index in [4.69, 9.17) is 17.3 Å². The summed E-state index contributed by atoms with van der Waals surface area (Å²) in [5.74, 6) is 0.349. The average Bonchev–Trinajstić information content (AvgIpc) is 2.86. The third-order valence-corrected chi connectivity index (χ3v) is 4.53. The SMILES string of the molecule is CC(Cc1ccc(Cl)cc1)N(C)C(=O)C1CCC(N)C1. The highest BCUT2D eigenvalue weighted by atomic mass is 35.5. The summed E-state index contributed by atoms with van der Waals surface area (Å²) in [5, 5.41) is 0.741. The molecule has 3 atom stereocenters. The molecule has 0 aromatic heterocycles. The van der Waals surface area contributed by atoms with E-state index in [2.05, 4.69) is 6.92 Å². The number of halogens is 1. The fourth-order valence-corrected chi connectivity index (χ4v) is 2.97. The van der Waals surface area contributed by atoms with Crippen LogP contribution in [0.15, 0.2) is 24.3 Å². The number of hydrogen-bond acceptors (Lipinski definition) is 2. The maximum absolute atomic E-state index is 12.4. The first kappa shape index (κ1) is 15.3. The number of nitrogens with zero attached hydrogens (tertiary/aromatic N) is 1. The number of nitrogens with two attached hydrogens (primary N) is 1. The van der Waals surface area contributed by atoms with Crippen molar-refractivity contribution in [3.8, 4) is 0 Å². The molecule has 3 nitrogen and oxygen atoms in total. The first-order chi connectivity index (χ1) is 9.47. The summed E-state index contributed by atoms with van der Waals surface area (Å²) < 4.78 is 0. The van der Waals surface area contributed by atoms with Gasteiger partial charge in [-0.3, -0.25) is 4.79 Å². The Labute approximate surface area is 126 Å². The number of likely N-dealkylation sites (N-methyl/N-ethyl adjacent to an activating group) is 1. The Balaban J connectivity index is 1.92. The molecule has 1 fully saturated rings. The average molecular weight is 295 g/mol. The molecule has 2 N–H and O–H groups in total. The highest BCUT2D eigenvalue weighted by Crippen LogP contribution is 2.26. The van der Waals surface area contributed by atoms with Crippen molar-refractivity contribution in [2.24, 2.45) is 11.7 Å². The Morgan fingerprint density at radius 3 is 2.60 bits per heavy atom. The Morgan fingerprint density at radius 1 is 1.40 bits per heavy atom. The zero-order valence-corrected chi connectivity index (χ0v) is 12.9. The van der Waals surface area contributed by atoms with Gasteiger partial charge in [0.15, 0.2) is 0 Å². The lowest BCUT2D eigenvalue weighted by atomic mass is 10.0. The number of benzene rings is 1. The van der Waals surface area contributed by atoms with E-state index in [-0.39, 0.29) is 23.9 Å². The van der Waals surface area contributed by atoms with Gasteiger partial charge in [-0.25, -0.2) is 0 Å². The summed E-state index contributed by atoms with van der Waals surface area (Å²) in [5.41, 5.74) is 7.09. The quantitative estimate of drug-likeness (QED) is 0.928. The predicted molar refractivity (Wildman–Crippen MR) is 82.7 cm³/mol. The Morgan fingerprint density at radius 2 is 2.05 bits per heavy atom. The smallest absolute Gasteiger partial charge is 0.225 e. The van der Waals surface area contributed by atoms with Gasteiger partial charge in [0.25, 0.3) is 0 Å². The van der Waals surface area contributed by atoms with Gasteiger partial charge in [-0.05, 0) is 50.3 Å². The second-order valence-electron chi connectivity index (χ2n) is 5.90. The normalized spacial score (nSPS) is 23.6. The third kappa shape index (κ3) is 3.74. The summed E-state index contributed by atoms with van der Waals surface area (Å²) in [4.78, 5) is 14.3. The van der Waals surface area contributed by atoms with Crippen molar-refractivity contribution in [2.75, 3.05) is 7.05 Å². The van der Waals surface area contributed by atoms with E-state index < -0.39 is 0 Å². The van der Waals surface area contributed by atoms with Crippen molar-refractivity contribution in [3.63, 3.8) is 0 Å². The van der Waals surface area contributed by atoms with Crippen LogP contribution in [0.4, 0.5) is 0 Å². The number of rotatable bonds is 4. The lowest BCUT2D eigenvalue weighted by Gasteiger charge is -2.27. The van der Waals surface area contributed by atoms with Crippen molar-refractivity contribution < 1.29 is 4.79 Å². The van der Waals surface area contributed by atoms with Gasteiger partial charge in [-0.2, -0.15) is 0 Å². The zero-order chi connectivity index (χ0) is 14.7. The van der Waals surface area contributed by atoms with Gasteiger partial charge in [-0.15, -0.1) is 0 Å². The summed E-state index contributed by atoms with van der Waals surface area (Å²) in [7, 11) is 1.90. The van der Waals surface area contributed by atoms with Crippen LogP contribution in [0.25, 0.3) is 0 Å². The highest BCUT2D eigenvalue weighted by Gasteiger charge is 2.31. The second-order valence-corrected chi connectivity index (χ2v) is 6.34. The van der Waals surface area contributed by atoms with Crippen molar-refractivity contribution in [2.45, 2.75) is 44.7 Å². The zero-order valence-electron chi connectivity index (χ0n) is 12.2. The van der Waals surface area contributed by atoms with Gasteiger partial charge >= 0.3 is 0 Å². The monoisotopic (exact) mass is 294 g/mol. The first-order valence-electron chi connectivity index (χ1n) is 7.24. The van der Waals surface area contributed by atoms with Crippen LogP contribution in [0.3, 0.4) is 0 Å².